The summed E-state index contributed by atoms with van der Waals surface area (Å²) in [5, 5.41) is 5.97. The van der Waals surface area contributed by atoms with Gasteiger partial charge in [0.1, 0.15) is 12.3 Å². The molecule has 2 N–H and O–H groups in total. The third kappa shape index (κ3) is 7.42. The number of ether oxygens (including phenoxy) is 1. The Labute approximate surface area is 239 Å². The highest BCUT2D eigenvalue weighted by Crippen LogP contribution is 2.28. The van der Waals surface area contributed by atoms with Crippen LogP contribution in [0.25, 0.3) is 0 Å². The minimum absolute atomic E-state index is 0.100. The first kappa shape index (κ1) is 29.1. The van der Waals surface area contributed by atoms with Crippen molar-refractivity contribution in [3.63, 3.8) is 0 Å². The van der Waals surface area contributed by atoms with Crippen molar-refractivity contribution in [3.05, 3.63) is 66.3 Å². The molecular weight excluding hydrogens is 563 g/mol. The Morgan fingerprint density at radius 2 is 1.95 bits per heavy atom. The van der Waals surface area contributed by atoms with E-state index in [4.69, 9.17) is 16.3 Å². The van der Waals surface area contributed by atoms with Gasteiger partial charge in [-0.2, -0.15) is 0 Å². The highest BCUT2D eigenvalue weighted by Gasteiger charge is 2.26. The molecule has 0 radical (unpaired) electrons. The molecule has 0 fully saturated rings. The Hall–Kier alpha value is -2.86. The fraction of sp³-hybridized carbons (Fsp3) is 0.407. The molecule has 1 unspecified atom stereocenters. The first-order chi connectivity index (χ1) is 18.4. The lowest BCUT2D eigenvalue weighted by atomic mass is 10.1. The van der Waals surface area contributed by atoms with Crippen LogP contribution < -0.4 is 10.6 Å². The van der Waals surface area contributed by atoms with Crippen LogP contribution in [0.4, 0.5) is 10.1 Å². The molecule has 1 aliphatic rings. The van der Waals surface area contributed by atoms with Crippen LogP contribution in [-0.2, 0) is 24.2 Å². The number of aromatic nitrogens is 1. The van der Waals surface area contributed by atoms with Crippen molar-refractivity contribution in [3.8, 4) is 0 Å². The number of hydrogen-bond donors (Lipinski definition) is 2. The number of thiophene rings is 1. The number of carbonyl (C=O) groups is 3. The summed E-state index contributed by atoms with van der Waals surface area (Å²) < 4.78 is 19.2. The van der Waals surface area contributed by atoms with Crippen molar-refractivity contribution >= 4 is 57.7 Å². The van der Waals surface area contributed by atoms with Crippen LogP contribution in [0.3, 0.4) is 0 Å². The molecule has 39 heavy (non-hydrogen) atoms. The summed E-state index contributed by atoms with van der Waals surface area (Å²) in [6.45, 7) is 8.04. The standard InChI is InChI=1S/C27H30ClFN4O4S2/c1-15(12-29)33-10-9-18-21(14-33)39-25(32-18)24(35)31-19-11-16(26(36)37-27(2,3)4)5-6-17(19)13-30-23(34)20-7-8-22(28)38-20/h5-8,11,15H,9-10,12-14H2,1-4H3,(H,30,34)(H,31,35). The quantitative estimate of drug-likeness (QED) is 0.325. The summed E-state index contributed by atoms with van der Waals surface area (Å²) in [6.07, 6.45) is 0.640. The van der Waals surface area contributed by atoms with Gasteiger partial charge in [-0.15, -0.1) is 22.7 Å². The number of esters is 1. The summed E-state index contributed by atoms with van der Waals surface area (Å²) >= 11 is 8.39. The molecule has 208 valence electrons. The largest absolute Gasteiger partial charge is 0.456 e. The van der Waals surface area contributed by atoms with E-state index in [-0.39, 0.29) is 29.1 Å². The molecule has 0 aliphatic carbocycles. The number of nitrogens with zero attached hydrogens (tertiary/aromatic N) is 2. The second-order valence-corrected chi connectivity index (χ2v) is 13.0. The number of nitrogens with one attached hydrogen (secondary N) is 2. The Bertz CT molecular complexity index is 1380. The molecule has 1 aromatic carbocycles. The van der Waals surface area contributed by atoms with E-state index in [2.05, 4.69) is 15.6 Å². The minimum atomic E-state index is -0.692. The van der Waals surface area contributed by atoms with E-state index in [1.165, 1.54) is 17.4 Å². The minimum Gasteiger partial charge on any atom is -0.456 e. The number of anilines is 1. The predicted molar refractivity (Wildman–Crippen MR) is 152 cm³/mol. The number of fused-ring (bicyclic) bond motifs is 1. The fourth-order valence-electron chi connectivity index (χ4n) is 3.97. The van der Waals surface area contributed by atoms with E-state index in [1.807, 2.05) is 11.8 Å². The molecular formula is C27H30ClFN4O4S2. The molecule has 12 heteroatoms. The van der Waals surface area contributed by atoms with Gasteiger partial charge in [-0.1, -0.05) is 17.7 Å². The number of alkyl halides is 1. The molecule has 1 atom stereocenters. The zero-order valence-corrected chi connectivity index (χ0v) is 24.5. The van der Waals surface area contributed by atoms with E-state index < -0.39 is 24.2 Å². The molecule has 2 amide bonds. The zero-order chi connectivity index (χ0) is 28.3. The number of carbonyl (C=O) groups excluding carboxylic acids is 3. The average molecular weight is 593 g/mol. The number of hydrogen-bond acceptors (Lipinski definition) is 8. The van der Waals surface area contributed by atoms with E-state index in [0.29, 0.717) is 40.0 Å². The zero-order valence-electron chi connectivity index (χ0n) is 22.1. The molecule has 0 spiro atoms. The predicted octanol–water partition coefficient (Wildman–Crippen LogP) is 5.71. The summed E-state index contributed by atoms with van der Waals surface area (Å²) in [6, 6.07) is 7.88. The Morgan fingerprint density at radius 3 is 2.62 bits per heavy atom. The lowest BCUT2D eigenvalue weighted by Gasteiger charge is -2.29. The van der Waals surface area contributed by atoms with Gasteiger partial charge < -0.3 is 15.4 Å². The number of amides is 2. The van der Waals surface area contributed by atoms with Crippen LogP contribution in [0.15, 0.2) is 30.3 Å². The monoisotopic (exact) mass is 592 g/mol. The molecule has 0 saturated heterocycles. The molecule has 3 heterocycles. The van der Waals surface area contributed by atoms with Gasteiger partial charge in [0, 0.05) is 42.7 Å². The third-order valence-corrected chi connectivity index (χ3v) is 8.34. The van der Waals surface area contributed by atoms with Gasteiger partial charge in [0.2, 0.25) is 0 Å². The van der Waals surface area contributed by atoms with E-state index in [1.54, 1.807) is 45.0 Å². The normalized spacial score (nSPS) is 14.4. The molecule has 4 rings (SSSR count). The highest BCUT2D eigenvalue weighted by atomic mass is 35.5. The molecule has 0 saturated carbocycles. The van der Waals surface area contributed by atoms with Crippen LogP contribution >= 0.6 is 34.3 Å². The van der Waals surface area contributed by atoms with E-state index >= 15 is 0 Å². The molecule has 2 aromatic heterocycles. The van der Waals surface area contributed by atoms with E-state index in [9.17, 15) is 18.8 Å². The Morgan fingerprint density at radius 1 is 1.18 bits per heavy atom. The molecule has 0 bridgehead atoms. The van der Waals surface area contributed by atoms with Gasteiger partial charge in [-0.05, 0) is 57.5 Å². The van der Waals surface area contributed by atoms with Gasteiger partial charge in [-0.3, -0.25) is 14.5 Å². The van der Waals surface area contributed by atoms with Gasteiger partial charge >= 0.3 is 5.97 Å². The maximum absolute atomic E-state index is 13.3. The maximum Gasteiger partial charge on any atom is 0.338 e. The number of halogens is 2. The lowest BCUT2D eigenvalue weighted by molar-refractivity contribution is 0.00692. The maximum atomic E-state index is 13.3. The summed E-state index contributed by atoms with van der Waals surface area (Å²) in [7, 11) is 0. The first-order valence-corrected chi connectivity index (χ1v) is 14.4. The molecule has 3 aromatic rings. The SMILES string of the molecule is CC(CF)N1CCc2nc(C(=O)Nc3cc(C(=O)OC(C)(C)C)ccc3CNC(=O)c3ccc(Cl)s3)sc2C1. The van der Waals surface area contributed by atoms with Crippen molar-refractivity contribution < 1.29 is 23.5 Å². The fourth-order valence-corrected chi connectivity index (χ4v) is 5.96. The van der Waals surface area contributed by atoms with E-state index in [0.717, 1.165) is 21.9 Å². The van der Waals surface area contributed by atoms with Crippen LogP contribution in [0.5, 0.6) is 0 Å². The Kier molecular flexibility index (Phi) is 9.05. The summed E-state index contributed by atoms with van der Waals surface area (Å²) in [4.78, 5) is 46.5. The summed E-state index contributed by atoms with van der Waals surface area (Å²) in [5.74, 6) is -1.27. The van der Waals surface area contributed by atoms with Crippen molar-refractivity contribution in [1.82, 2.24) is 15.2 Å². The molecule has 1 aliphatic heterocycles. The molecule has 8 nitrogen and oxygen atoms in total. The van der Waals surface area contributed by atoms with Crippen LogP contribution in [0, 0.1) is 0 Å². The van der Waals surface area contributed by atoms with Crippen molar-refractivity contribution in [1.29, 1.82) is 0 Å². The first-order valence-electron chi connectivity index (χ1n) is 12.4. The van der Waals surface area contributed by atoms with Gasteiger partial charge in [0.25, 0.3) is 11.8 Å². The van der Waals surface area contributed by atoms with Crippen molar-refractivity contribution in [2.45, 2.75) is 58.8 Å². The second kappa shape index (κ2) is 12.1. The van der Waals surface area contributed by atoms with Gasteiger partial charge in [0.15, 0.2) is 5.01 Å². The van der Waals surface area contributed by atoms with Crippen molar-refractivity contribution in [2.75, 3.05) is 18.5 Å². The van der Waals surface area contributed by atoms with Gasteiger partial charge in [-0.25, -0.2) is 14.2 Å². The second-order valence-electron chi connectivity index (χ2n) is 10.2. The van der Waals surface area contributed by atoms with Gasteiger partial charge in [0.05, 0.1) is 20.5 Å². The smallest absolute Gasteiger partial charge is 0.338 e. The van der Waals surface area contributed by atoms with Crippen LogP contribution in [0.2, 0.25) is 4.34 Å². The summed E-state index contributed by atoms with van der Waals surface area (Å²) in [5.41, 5.74) is 1.36. The topological polar surface area (TPSA) is 101 Å². The van der Waals surface area contributed by atoms with Crippen LogP contribution in [0.1, 0.15) is 73.7 Å². The number of rotatable bonds is 8. The highest BCUT2D eigenvalue weighted by molar-refractivity contribution is 7.18. The number of thiazole rings is 1. The third-order valence-electron chi connectivity index (χ3n) is 6.03. The lowest BCUT2D eigenvalue weighted by Crippen LogP contribution is -2.38. The number of benzene rings is 1. The van der Waals surface area contributed by atoms with Crippen molar-refractivity contribution in [2.24, 2.45) is 0 Å². The van der Waals surface area contributed by atoms with Crippen LogP contribution in [-0.4, -0.2) is 52.5 Å². The average Bonchev–Trinajstić information content (AvgIpc) is 3.52. The Balaban J connectivity index is 1.55.